The van der Waals surface area contributed by atoms with Crippen LogP contribution < -0.4 is 5.32 Å². The minimum atomic E-state index is 0.298. The topological polar surface area (TPSA) is 41.3 Å². The Morgan fingerprint density at radius 3 is 2.37 bits per heavy atom. The van der Waals surface area contributed by atoms with Crippen molar-refractivity contribution in [3.05, 3.63) is 17.0 Å². The lowest BCUT2D eigenvalue weighted by atomic mass is 9.98. The lowest BCUT2D eigenvalue weighted by Gasteiger charge is -2.41. The molecular weight excluding hydrogens is 238 g/mol. The lowest BCUT2D eigenvalue weighted by Crippen LogP contribution is -2.49. The fourth-order valence-corrected chi connectivity index (χ4v) is 2.76. The predicted octanol–water partition coefficient (Wildman–Crippen LogP) is 2.64. The van der Waals surface area contributed by atoms with Crippen molar-refractivity contribution in [2.75, 3.05) is 13.1 Å². The fraction of sp³-hybridized carbons (Fsp3) is 0.800. The summed E-state index contributed by atoms with van der Waals surface area (Å²) in [6.45, 7) is 14.1. The molecule has 1 aliphatic heterocycles. The van der Waals surface area contributed by atoms with E-state index in [4.69, 9.17) is 4.52 Å². The first kappa shape index (κ1) is 14.5. The van der Waals surface area contributed by atoms with Gasteiger partial charge in [-0.1, -0.05) is 5.16 Å². The van der Waals surface area contributed by atoms with Crippen molar-refractivity contribution in [2.45, 2.75) is 65.6 Å². The van der Waals surface area contributed by atoms with Gasteiger partial charge in [0.1, 0.15) is 5.76 Å². The first-order valence-electron chi connectivity index (χ1n) is 7.28. The molecule has 1 N–H and O–H groups in total. The highest BCUT2D eigenvalue weighted by molar-refractivity contribution is 5.20. The molecule has 2 rings (SSSR count). The van der Waals surface area contributed by atoms with Gasteiger partial charge in [-0.05, 0) is 47.5 Å². The van der Waals surface area contributed by atoms with Crippen molar-refractivity contribution in [2.24, 2.45) is 0 Å². The Labute approximate surface area is 116 Å². The van der Waals surface area contributed by atoms with Crippen molar-refractivity contribution >= 4 is 0 Å². The third-order valence-electron chi connectivity index (χ3n) is 4.19. The van der Waals surface area contributed by atoms with Crippen molar-refractivity contribution < 1.29 is 4.52 Å². The minimum Gasteiger partial charge on any atom is -0.361 e. The number of piperidine rings is 1. The monoisotopic (exact) mass is 265 g/mol. The highest BCUT2D eigenvalue weighted by Gasteiger charge is 2.26. The van der Waals surface area contributed by atoms with E-state index < -0.39 is 0 Å². The normalized spacial score (nSPS) is 19.0. The first-order valence-corrected chi connectivity index (χ1v) is 7.28. The van der Waals surface area contributed by atoms with E-state index in [1.807, 2.05) is 13.8 Å². The zero-order chi connectivity index (χ0) is 14.0. The van der Waals surface area contributed by atoms with Gasteiger partial charge in [0.2, 0.25) is 0 Å². The van der Waals surface area contributed by atoms with E-state index in [0.29, 0.717) is 11.6 Å². The standard InChI is InChI=1S/C15H27N3O/c1-11-14(12(2)19-17-11)10-16-13-6-8-18(9-7-13)15(3,4)5/h13,16H,6-10H2,1-5H3. The summed E-state index contributed by atoms with van der Waals surface area (Å²) in [6.07, 6.45) is 2.45. The number of hydrogen-bond acceptors (Lipinski definition) is 4. The van der Waals surface area contributed by atoms with E-state index in [0.717, 1.165) is 18.0 Å². The number of aromatic nitrogens is 1. The Hall–Kier alpha value is -0.870. The maximum absolute atomic E-state index is 5.20. The summed E-state index contributed by atoms with van der Waals surface area (Å²) in [7, 11) is 0. The molecule has 0 amide bonds. The second kappa shape index (κ2) is 5.63. The average Bonchev–Trinajstić information content (AvgIpc) is 2.66. The van der Waals surface area contributed by atoms with Gasteiger partial charge in [0.25, 0.3) is 0 Å². The third kappa shape index (κ3) is 3.57. The van der Waals surface area contributed by atoms with E-state index in [-0.39, 0.29) is 0 Å². The Kier molecular flexibility index (Phi) is 4.31. The maximum atomic E-state index is 5.20. The van der Waals surface area contributed by atoms with E-state index in [1.54, 1.807) is 0 Å². The van der Waals surface area contributed by atoms with Crippen molar-refractivity contribution in [3.63, 3.8) is 0 Å². The van der Waals surface area contributed by atoms with Crippen LogP contribution in [0.25, 0.3) is 0 Å². The molecule has 19 heavy (non-hydrogen) atoms. The lowest BCUT2D eigenvalue weighted by molar-refractivity contribution is 0.0960. The van der Waals surface area contributed by atoms with Gasteiger partial charge >= 0.3 is 0 Å². The molecule has 1 aliphatic rings. The van der Waals surface area contributed by atoms with E-state index >= 15 is 0 Å². The van der Waals surface area contributed by atoms with Crippen LogP contribution in [0.15, 0.2) is 4.52 Å². The molecule has 0 saturated carbocycles. The second-order valence-corrected chi connectivity index (χ2v) is 6.62. The van der Waals surface area contributed by atoms with Gasteiger partial charge < -0.3 is 9.84 Å². The van der Waals surface area contributed by atoms with Crippen LogP contribution in [0, 0.1) is 13.8 Å². The van der Waals surface area contributed by atoms with Crippen LogP contribution in [0.1, 0.15) is 50.6 Å². The molecule has 1 aromatic rings. The number of aryl methyl sites for hydroxylation is 2. The number of likely N-dealkylation sites (tertiary alicyclic amines) is 1. The second-order valence-electron chi connectivity index (χ2n) is 6.62. The number of nitrogens with zero attached hydrogens (tertiary/aromatic N) is 2. The van der Waals surface area contributed by atoms with Crippen LogP contribution in [0.5, 0.6) is 0 Å². The number of nitrogens with one attached hydrogen (secondary N) is 1. The molecular formula is C15H27N3O. The molecule has 4 heteroatoms. The smallest absolute Gasteiger partial charge is 0.138 e. The van der Waals surface area contributed by atoms with Crippen LogP contribution in [0.2, 0.25) is 0 Å². The molecule has 0 radical (unpaired) electrons. The SMILES string of the molecule is Cc1noc(C)c1CNC1CCN(C(C)(C)C)CC1. The molecule has 0 atom stereocenters. The molecule has 0 spiro atoms. The van der Waals surface area contributed by atoms with Crippen molar-refractivity contribution in [3.8, 4) is 0 Å². The third-order valence-corrected chi connectivity index (χ3v) is 4.19. The quantitative estimate of drug-likeness (QED) is 0.912. The maximum Gasteiger partial charge on any atom is 0.138 e. The van der Waals surface area contributed by atoms with Gasteiger partial charge in [0, 0.05) is 36.8 Å². The molecule has 0 unspecified atom stereocenters. The molecule has 108 valence electrons. The van der Waals surface area contributed by atoms with Gasteiger partial charge in [0.15, 0.2) is 0 Å². The summed E-state index contributed by atoms with van der Waals surface area (Å²) in [5.74, 6) is 0.942. The Morgan fingerprint density at radius 1 is 1.26 bits per heavy atom. The van der Waals surface area contributed by atoms with Crippen LogP contribution >= 0.6 is 0 Å². The van der Waals surface area contributed by atoms with E-state index in [2.05, 4.69) is 36.1 Å². The van der Waals surface area contributed by atoms with E-state index in [9.17, 15) is 0 Å². The summed E-state index contributed by atoms with van der Waals surface area (Å²) in [5.41, 5.74) is 2.53. The van der Waals surface area contributed by atoms with Gasteiger partial charge in [-0.2, -0.15) is 0 Å². The molecule has 1 aromatic heterocycles. The van der Waals surface area contributed by atoms with Gasteiger partial charge in [-0.15, -0.1) is 0 Å². The molecule has 4 nitrogen and oxygen atoms in total. The zero-order valence-electron chi connectivity index (χ0n) is 12.9. The van der Waals surface area contributed by atoms with Gasteiger partial charge in [0.05, 0.1) is 5.69 Å². The fourth-order valence-electron chi connectivity index (χ4n) is 2.76. The van der Waals surface area contributed by atoms with Gasteiger partial charge in [-0.25, -0.2) is 0 Å². The summed E-state index contributed by atoms with van der Waals surface area (Å²) in [5, 5.41) is 7.65. The predicted molar refractivity (Wildman–Crippen MR) is 77.2 cm³/mol. The number of hydrogen-bond donors (Lipinski definition) is 1. The molecule has 1 saturated heterocycles. The molecule has 0 bridgehead atoms. The van der Waals surface area contributed by atoms with Crippen LogP contribution in [0.3, 0.4) is 0 Å². The molecule has 2 heterocycles. The average molecular weight is 265 g/mol. The summed E-state index contributed by atoms with van der Waals surface area (Å²) in [6, 6.07) is 0.618. The summed E-state index contributed by atoms with van der Waals surface area (Å²) >= 11 is 0. The van der Waals surface area contributed by atoms with Gasteiger partial charge in [-0.3, -0.25) is 4.90 Å². The van der Waals surface area contributed by atoms with Crippen molar-refractivity contribution in [1.29, 1.82) is 0 Å². The highest BCUT2D eigenvalue weighted by Crippen LogP contribution is 2.20. The minimum absolute atomic E-state index is 0.298. The van der Waals surface area contributed by atoms with Crippen LogP contribution in [-0.2, 0) is 6.54 Å². The molecule has 0 aromatic carbocycles. The van der Waals surface area contributed by atoms with Crippen LogP contribution in [-0.4, -0.2) is 34.7 Å². The Morgan fingerprint density at radius 2 is 1.89 bits per heavy atom. The summed E-state index contributed by atoms with van der Waals surface area (Å²) < 4.78 is 5.20. The Balaban J connectivity index is 1.81. The molecule has 0 aliphatic carbocycles. The summed E-state index contributed by atoms with van der Waals surface area (Å²) in [4.78, 5) is 2.57. The Bertz CT molecular complexity index is 392. The largest absolute Gasteiger partial charge is 0.361 e. The molecule has 1 fully saturated rings. The highest BCUT2D eigenvalue weighted by atomic mass is 16.5. The van der Waals surface area contributed by atoms with Crippen LogP contribution in [0.4, 0.5) is 0 Å². The first-order chi connectivity index (χ1) is 8.88. The zero-order valence-corrected chi connectivity index (χ0v) is 12.9. The van der Waals surface area contributed by atoms with E-state index in [1.165, 1.54) is 31.5 Å². The number of rotatable bonds is 3. The van der Waals surface area contributed by atoms with Crippen molar-refractivity contribution in [1.82, 2.24) is 15.4 Å².